The predicted molar refractivity (Wildman–Crippen MR) is 124 cm³/mol. The van der Waals surface area contributed by atoms with Crippen LogP contribution in [0.5, 0.6) is 0 Å². The zero-order valence-corrected chi connectivity index (χ0v) is 18.4. The molecule has 0 saturated heterocycles. The average Bonchev–Trinajstić information content (AvgIpc) is 3.46. The first-order valence-corrected chi connectivity index (χ1v) is 11.9. The third kappa shape index (κ3) is 3.07. The summed E-state index contributed by atoms with van der Waals surface area (Å²) in [7, 11) is 0. The molecule has 2 atom stereocenters. The van der Waals surface area contributed by atoms with Crippen molar-refractivity contribution in [1.29, 1.82) is 0 Å². The zero-order valence-electron chi connectivity index (χ0n) is 17.6. The summed E-state index contributed by atoms with van der Waals surface area (Å²) in [4.78, 5) is 30.9. The van der Waals surface area contributed by atoms with Gasteiger partial charge in [-0.1, -0.05) is 0 Å². The summed E-state index contributed by atoms with van der Waals surface area (Å²) in [5.41, 5.74) is 4.69. The van der Waals surface area contributed by atoms with Gasteiger partial charge in [-0.25, -0.2) is 20.4 Å². The number of amides is 1. The van der Waals surface area contributed by atoms with Gasteiger partial charge >= 0.3 is 0 Å². The van der Waals surface area contributed by atoms with Gasteiger partial charge in [-0.3, -0.25) is 10.0 Å². The van der Waals surface area contributed by atoms with Crippen molar-refractivity contribution in [2.45, 2.75) is 38.6 Å². The maximum atomic E-state index is 12.6. The number of hydrogen-bond acceptors (Lipinski definition) is 7. The van der Waals surface area contributed by atoms with Gasteiger partial charge < -0.3 is 10.3 Å². The Bertz CT molecular complexity index is 1320. The lowest BCUT2D eigenvalue weighted by molar-refractivity contribution is -0.139. The Morgan fingerprint density at radius 1 is 1.19 bits per heavy atom. The topological polar surface area (TPSA) is 116 Å². The number of nitrogens with one attached hydrogen (secondary N) is 3. The van der Waals surface area contributed by atoms with Crippen molar-refractivity contribution >= 4 is 44.3 Å². The van der Waals surface area contributed by atoms with Crippen molar-refractivity contribution in [3.05, 3.63) is 35.5 Å². The number of aromatic amines is 1. The second-order valence-corrected chi connectivity index (χ2v) is 9.89. The minimum absolute atomic E-state index is 0.0626. The molecule has 0 unspecified atom stereocenters. The zero-order chi connectivity index (χ0) is 21.8. The first-order chi connectivity index (χ1) is 15.6. The molecule has 3 fully saturated rings. The molecule has 4 heterocycles. The van der Waals surface area contributed by atoms with Crippen LogP contribution in [0.3, 0.4) is 0 Å². The van der Waals surface area contributed by atoms with Gasteiger partial charge in [-0.05, 0) is 67.5 Å². The van der Waals surface area contributed by atoms with Crippen LogP contribution in [0.15, 0.2) is 29.9 Å². The number of anilines is 1. The van der Waals surface area contributed by atoms with E-state index in [2.05, 4.69) is 21.4 Å². The normalized spacial score (nSPS) is 24.8. The molecule has 0 aliphatic heterocycles. The van der Waals surface area contributed by atoms with E-state index in [0.29, 0.717) is 11.7 Å². The Labute approximate surface area is 188 Å². The molecule has 0 spiro atoms. The SMILES string of the molecule is Cc1cnc2[nH]cc(-c3nc(N[C@H]4C5CCC(CC5)[C@@H]4C(=O)NO)c4ccsc4n3)c2c1. The molecule has 7 rings (SSSR count). The number of aromatic nitrogens is 4. The minimum Gasteiger partial charge on any atom is -0.366 e. The molecule has 9 heteroatoms. The predicted octanol–water partition coefficient (Wildman–Crippen LogP) is 4.27. The molecule has 3 aliphatic carbocycles. The van der Waals surface area contributed by atoms with E-state index in [1.807, 2.05) is 36.2 Å². The van der Waals surface area contributed by atoms with Gasteiger partial charge in [0.15, 0.2) is 5.82 Å². The molecule has 164 valence electrons. The third-order valence-corrected chi connectivity index (χ3v) is 7.98. The Balaban J connectivity index is 1.45. The molecule has 0 aromatic carbocycles. The standard InChI is InChI=1S/C23H24N6O2S/c1-11-8-15-16(10-25-19(15)24-9-11)21-27-20(14-6-7-32-23(14)28-21)26-18-13-4-2-12(3-5-13)17(18)22(30)29-31/h6-10,12-13,17-18,31H,2-5H2,1H3,(H,24,25)(H,29,30)(H,26,27,28)/t12?,13?,17-,18-/m0/s1. The van der Waals surface area contributed by atoms with Gasteiger partial charge in [-0.15, -0.1) is 11.3 Å². The number of carbonyl (C=O) groups excluding carboxylic acids is 1. The number of H-pyrrole nitrogens is 1. The molecule has 2 bridgehead atoms. The molecule has 1 amide bonds. The minimum atomic E-state index is -0.300. The van der Waals surface area contributed by atoms with Gasteiger partial charge in [-0.2, -0.15) is 0 Å². The van der Waals surface area contributed by atoms with E-state index in [9.17, 15) is 10.0 Å². The lowest BCUT2D eigenvalue weighted by atomic mass is 9.61. The molecular formula is C23H24N6O2S. The van der Waals surface area contributed by atoms with Crippen LogP contribution in [0.1, 0.15) is 31.2 Å². The summed E-state index contributed by atoms with van der Waals surface area (Å²) in [5.74, 6) is 1.48. The van der Waals surface area contributed by atoms with E-state index >= 15 is 0 Å². The molecule has 4 N–H and O–H groups in total. The summed E-state index contributed by atoms with van der Waals surface area (Å²) >= 11 is 1.57. The summed E-state index contributed by atoms with van der Waals surface area (Å²) in [5, 5.41) is 17.0. The van der Waals surface area contributed by atoms with E-state index in [4.69, 9.17) is 9.97 Å². The van der Waals surface area contributed by atoms with Crippen molar-refractivity contribution < 1.29 is 10.0 Å². The lowest BCUT2D eigenvalue weighted by Gasteiger charge is -2.47. The van der Waals surface area contributed by atoms with E-state index in [1.54, 1.807) is 11.3 Å². The highest BCUT2D eigenvalue weighted by Crippen LogP contribution is 2.47. The van der Waals surface area contributed by atoms with Crippen LogP contribution in [0.4, 0.5) is 5.82 Å². The number of rotatable bonds is 4. The van der Waals surface area contributed by atoms with Gasteiger partial charge in [0, 0.05) is 29.4 Å². The summed E-state index contributed by atoms with van der Waals surface area (Å²) in [6, 6.07) is 4.05. The molecule has 4 aromatic rings. The Kier molecular flexibility index (Phi) is 4.62. The number of pyridine rings is 1. The number of hydroxylamine groups is 1. The highest BCUT2D eigenvalue weighted by Gasteiger charge is 2.47. The van der Waals surface area contributed by atoms with Crippen LogP contribution < -0.4 is 10.8 Å². The van der Waals surface area contributed by atoms with Gasteiger partial charge in [0.2, 0.25) is 5.91 Å². The van der Waals surface area contributed by atoms with Crippen molar-refractivity contribution in [1.82, 2.24) is 25.4 Å². The molecular weight excluding hydrogens is 424 g/mol. The van der Waals surface area contributed by atoms with Crippen LogP contribution in [0.2, 0.25) is 0 Å². The fourth-order valence-electron chi connectivity index (χ4n) is 5.65. The van der Waals surface area contributed by atoms with Crippen LogP contribution in [-0.2, 0) is 4.79 Å². The quantitative estimate of drug-likeness (QED) is 0.274. The first kappa shape index (κ1) is 19.6. The van der Waals surface area contributed by atoms with E-state index < -0.39 is 0 Å². The number of fused-ring (bicyclic) bond motifs is 5. The van der Waals surface area contributed by atoms with E-state index in [-0.39, 0.29) is 23.8 Å². The maximum Gasteiger partial charge on any atom is 0.248 e. The summed E-state index contributed by atoms with van der Waals surface area (Å²) in [6.07, 6.45) is 7.99. The van der Waals surface area contributed by atoms with Crippen molar-refractivity contribution in [3.63, 3.8) is 0 Å². The lowest BCUT2D eigenvalue weighted by Crippen LogP contribution is -2.54. The maximum absolute atomic E-state index is 12.6. The highest BCUT2D eigenvalue weighted by molar-refractivity contribution is 7.16. The van der Waals surface area contributed by atoms with Crippen molar-refractivity contribution in [3.8, 4) is 11.4 Å². The molecule has 4 aromatic heterocycles. The fourth-order valence-corrected chi connectivity index (χ4v) is 6.41. The molecule has 0 radical (unpaired) electrons. The Morgan fingerprint density at radius 2 is 2.00 bits per heavy atom. The average molecular weight is 449 g/mol. The number of aryl methyl sites for hydroxylation is 1. The van der Waals surface area contributed by atoms with Crippen LogP contribution >= 0.6 is 11.3 Å². The Hall–Kier alpha value is -3.04. The Morgan fingerprint density at radius 3 is 2.81 bits per heavy atom. The second kappa shape index (κ2) is 7.53. The van der Waals surface area contributed by atoms with Crippen LogP contribution in [0, 0.1) is 24.7 Å². The van der Waals surface area contributed by atoms with Crippen LogP contribution in [-0.4, -0.2) is 37.1 Å². The molecule has 32 heavy (non-hydrogen) atoms. The molecule has 3 saturated carbocycles. The fraction of sp³-hybridized carbons (Fsp3) is 0.391. The highest BCUT2D eigenvalue weighted by atomic mass is 32.1. The van der Waals surface area contributed by atoms with Crippen LogP contribution in [0.25, 0.3) is 32.6 Å². The number of carbonyl (C=O) groups is 1. The second-order valence-electron chi connectivity index (χ2n) is 8.99. The molecule has 3 aliphatic rings. The number of nitrogens with zero attached hydrogens (tertiary/aromatic N) is 3. The van der Waals surface area contributed by atoms with Crippen molar-refractivity contribution in [2.75, 3.05) is 5.32 Å². The smallest absolute Gasteiger partial charge is 0.248 e. The summed E-state index contributed by atoms with van der Waals surface area (Å²) in [6.45, 7) is 2.02. The third-order valence-electron chi connectivity index (χ3n) is 7.17. The number of thiophene rings is 1. The van der Waals surface area contributed by atoms with Gasteiger partial charge in [0.05, 0.1) is 11.3 Å². The number of hydrogen-bond donors (Lipinski definition) is 4. The van der Waals surface area contributed by atoms with Gasteiger partial charge in [0.25, 0.3) is 0 Å². The largest absolute Gasteiger partial charge is 0.366 e. The van der Waals surface area contributed by atoms with E-state index in [0.717, 1.165) is 63.9 Å². The van der Waals surface area contributed by atoms with Gasteiger partial charge in [0.1, 0.15) is 16.3 Å². The summed E-state index contributed by atoms with van der Waals surface area (Å²) < 4.78 is 0. The first-order valence-electron chi connectivity index (χ1n) is 11.0. The molecule has 8 nitrogen and oxygen atoms in total. The van der Waals surface area contributed by atoms with Crippen molar-refractivity contribution in [2.24, 2.45) is 17.8 Å². The van der Waals surface area contributed by atoms with E-state index in [1.165, 1.54) is 0 Å². The monoisotopic (exact) mass is 448 g/mol.